The van der Waals surface area contributed by atoms with Gasteiger partial charge in [-0.25, -0.2) is 10.8 Å². The monoisotopic (exact) mass is 249 g/mol. The summed E-state index contributed by atoms with van der Waals surface area (Å²) in [5.74, 6) is 7.78. The number of anilines is 2. The molecule has 1 heterocycles. The van der Waals surface area contributed by atoms with Crippen LogP contribution in [0.3, 0.4) is 0 Å². The van der Waals surface area contributed by atoms with Crippen molar-refractivity contribution in [1.29, 1.82) is 0 Å². The van der Waals surface area contributed by atoms with Crippen molar-refractivity contribution in [2.75, 3.05) is 17.4 Å². The molecule has 0 atom stereocenters. The topological polar surface area (TPSA) is 67.1 Å². The Morgan fingerprint density at radius 3 is 2.67 bits per heavy atom. The normalized spacial score (nSPS) is 23.7. The van der Waals surface area contributed by atoms with Crippen LogP contribution in [0, 0.1) is 5.92 Å². The van der Waals surface area contributed by atoms with Crippen LogP contribution in [0.4, 0.5) is 11.6 Å². The summed E-state index contributed by atoms with van der Waals surface area (Å²) in [6, 6.07) is 0.579. The minimum Gasteiger partial charge on any atom is -0.355 e. The highest BCUT2D eigenvalue weighted by molar-refractivity contribution is 5.43. The molecule has 0 bridgehead atoms. The molecule has 1 aromatic heterocycles. The summed E-state index contributed by atoms with van der Waals surface area (Å²) in [5.41, 5.74) is 2.54. The first kappa shape index (κ1) is 13.1. The predicted molar refractivity (Wildman–Crippen MR) is 74.3 cm³/mol. The first-order chi connectivity index (χ1) is 8.74. The second kappa shape index (κ2) is 6.00. The van der Waals surface area contributed by atoms with Gasteiger partial charge < -0.3 is 10.3 Å². The van der Waals surface area contributed by atoms with Gasteiger partial charge in [0.25, 0.3) is 0 Å². The van der Waals surface area contributed by atoms with Crippen LogP contribution in [-0.2, 0) is 0 Å². The Bertz CT molecular complexity index is 373. The molecule has 18 heavy (non-hydrogen) atoms. The smallest absolute Gasteiger partial charge is 0.160 e. The SMILES string of the molecule is CCC1CCC(N(C)c2cncc(NN)n2)CC1. The highest BCUT2D eigenvalue weighted by atomic mass is 15.3. The molecule has 0 amide bonds. The van der Waals surface area contributed by atoms with E-state index in [2.05, 4.69) is 34.3 Å². The largest absolute Gasteiger partial charge is 0.355 e. The van der Waals surface area contributed by atoms with Crippen molar-refractivity contribution < 1.29 is 0 Å². The predicted octanol–water partition coefficient (Wildman–Crippen LogP) is 2.17. The van der Waals surface area contributed by atoms with Crippen LogP contribution in [-0.4, -0.2) is 23.1 Å². The fraction of sp³-hybridized carbons (Fsp3) is 0.692. The average Bonchev–Trinajstić information content (AvgIpc) is 2.46. The maximum atomic E-state index is 5.36. The summed E-state index contributed by atoms with van der Waals surface area (Å²) in [7, 11) is 2.10. The van der Waals surface area contributed by atoms with Gasteiger partial charge in [0, 0.05) is 13.1 Å². The van der Waals surface area contributed by atoms with Gasteiger partial charge in [0.1, 0.15) is 5.82 Å². The number of hydrazine groups is 1. The van der Waals surface area contributed by atoms with Crippen LogP contribution in [0.5, 0.6) is 0 Å². The molecule has 0 radical (unpaired) electrons. The molecule has 0 aliphatic heterocycles. The van der Waals surface area contributed by atoms with Crippen molar-refractivity contribution in [3.05, 3.63) is 12.4 Å². The quantitative estimate of drug-likeness (QED) is 0.632. The fourth-order valence-electron chi connectivity index (χ4n) is 2.72. The molecular formula is C13H23N5. The minimum atomic E-state index is 0.579. The van der Waals surface area contributed by atoms with Crippen LogP contribution in [0.15, 0.2) is 12.4 Å². The molecule has 0 unspecified atom stereocenters. The molecule has 1 fully saturated rings. The third-order valence-corrected chi connectivity index (χ3v) is 4.07. The van der Waals surface area contributed by atoms with Crippen molar-refractivity contribution in [1.82, 2.24) is 9.97 Å². The Hall–Kier alpha value is -1.36. The number of rotatable bonds is 4. The average molecular weight is 249 g/mol. The van der Waals surface area contributed by atoms with E-state index in [0.29, 0.717) is 11.9 Å². The van der Waals surface area contributed by atoms with Gasteiger partial charge >= 0.3 is 0 Å². The number of hydrogen-bond acceptors (Lipinski definition) is 5. The highest BCUT2D eigenvalue weighted by Crippen LogP contribution is 2.30. The maximum absolute atomic E-state index is 5.36. The van der Waals surface area contributed by atoms with Gasteiger partial charge in [-0.1, -0.05) is 13.3 Å². The second-order valence-electron chi connectivity index (χ2n) is 5.10. The molecule has 3 N–H and O–H groups in total. The summed E-state index contributed by atoms with van der Waals surface area (Å²) < 4.78 is 0. The maximum Gasteiger partial charge on any atom is 0.160 e. The lowest BCUT2D eigenvalue weighted by Crippen LogP contribution is -2.35. The van der Waals surface area contributed by atoms with Crippen molar-refractivity contribution >= 4 is 11.6 Å². The molecule has 2 rings (SSSR count). The summed E-state index contributed by atoms with van der Waals surface area (Å²) >= 11 is 0. The van der Waals surface area contributed by atoms with E-state index < -0.39 is 0 Å². The van der Waals surface area contributed by atoms with Crippen molar-refractivity contribution in [2.24, 2.45) is 11.8 Å². The van der Waals surface area contributed by atoms with Crippen LogP contribution in [0.1, 0.15) is 39.0 Å². The third kappa shape index (κ3) is 2.90. The second-order valence-corrected chi connectivity index (χ2v) is 5.10. The molecule has 1 saturated carbocycles. The lowest BCUT2D eigenvalue weighted by atomic mass is 9.84. The first-order valence-electron chi connectivity index (χ1n) is 6.76. The van der Waals surface area contributed by atoms with Gasteiger partial charge in [-0.15, -0.1) is 0 Å². The molecule has 0 saturated heterocycles. The molecule has 5 heteroatoms. The van der Waals surface area contributed by atoms with E-state index >= 15 is 0 Å². The van der Waals surface area contributed by atoms with Gasteiger partial charge in [-0.05, 0) is 31.6 Å². The Balaban J connectivity index is 2.00. The molecule has 100 valence electrons. The van der Waals surface area contributed by atoms with Crippen LogP contribution in [0.25, 0.3) is 0 Å². The Kier molecular flexibility index (Phi) is 4.36. The zero-order valence-corrected chi connectivity index (χ0v) is 11.3. The number of hydrogen-bond donors (Lipinski definition) is 2. The van der Waals surface area contributed by atoms with E-state index in [4.69, 9.17) is 5.84 Å². The van der Waals surface area contributed by atoms with Gasteiger partial charge in [0.05, 0.1) is 12.4 Å². The van der Waals surface area contributed by atoms with Gasteiger partial charge in [0.15, 0.2) is 5.82 Å². The summed E-state index contributed by atoms with van der Waals surface area (Å²) in [6.45, 7) is 2.29. The van der Waals surface area contributed by atoms with Crippen LogP contribution >= 0.6 is 0 Å². The molecule has 1 aromatic rings. The number of nitrogen functional groups attached to an aromatic ring is 1. The molecule has 0 aromatic carbocycles. The third-order valence-electron chi connectivity index (χ3n) is 4.07. The Labute approximate surface area is 109 Å². The number of aromatic nitrogens is 2. The van der Waals surface area contributed by atoms with Crippen molar-refractivity contribution in [3.8, 4) is 0 Å². The molecule has 1 aliphatic carbocycles. The molecule has 1 aliphatic rings. The van der Waals surface area contributed by atoms with E-state index in [0.717, 1.165) is 11.7 Å². The van der Waals surface area contributed by atoms with Crippen molar-refractivity contribution in [2.45, 2.75) is 45.1 Å². The van der Waals surface area contributed by atoms with Crippen LogP contribution in [0.2, 0.25) is 0 Å². The van der Waals surface area contributed by atoms with Crippen molar-refractivity contribution in [3.63, 3.8) is 0 Å². The molecular weight excluding hydrogens is 226 g/mol. The van der Waals surface area contributed by atoms with Crippen LogP contribution < -0.4 is 16.2 Å². The summed E-state index contributed by atoms with van der Waals surface area (Å²) in [5, 5.41) is 0. The lowest BCUT2D eigenvalue weighted by Gasteiger charge is -2.35. The van der Waals surface area contributed by atoms with E-state index in [1.54, 1.807) is 12.4 Å². The van der Waals surface area contributed by atoms with Gasteiger partial charge in [-0.2, -0.15) is 0 Å². The summed E-state index contributed by atoms with van der Waals surface area (Å²) in [4.78, 5) is 10.8. The zero-order valence-electron chi connectivity index (χ0n) is 11.3. The minimum absolute atomic E-state index is 0.579. The number of nitrogens with two attached hydrogens (primary N) is 1. The molecule has 0 spiro atoms. The van der Waals surface area contributed by atoms with Gasteiger partial charge in [-0.3, -0.25) is 4.98 Å². The number of nitrogens with one attached hydrogen (secondary N) is 1. The summed E-state index contributed by atoms with van der Waals surface area (Å²) in [6.07, 6.45) is 9.89. The highest BCUT2D eigenvalue weighted by Gasteiger charge is 2.23. The van der Waals surface area contributed by atoms with E-state index in [-0.39, 0.29) is 0 Å². The van der Waals surface area contributed by atoms with E-state index in [9.17, 15) is 0 Å². The Morgan fingerprint density at radius 2 is 2.06 bits per heavy atom. The molecule has 5 nitrogen and oxygen atoms in total. The standard InChI is InChI=1S/C13H23N5/c1-3-10-4-6-11(7-5-10)18(2)13-9-15-8-12(16-13)17-14/h8-11H,3-7,14H2,1-2H3,(H,16,17). The van der Waals surface area contributed by atoms with E-state index in [1.807, 2.05) is 0 Å². The zero-order chi connectivity index (χ0) is 13.0. The van der Waals surface area contributed by atoms with Gasteiger partial charge in [0.2, 0.25) is 0 Å². The Morgan fingerprint density at radius 1 is 1.33 bits per heavy atom. The lowest BCUT2D eigenvalue weighted by molar-refractivity contribution is 0.313. The first-order valence-corrected chi connectivity index (χ1v) is 6.76. The van der Waals surface area contributed by atoms with E-state index in [1.165, 1.54) is 32.1 Å². The number of nitrogens with zero attached hydrogens (tertiary/aromatic N) is 3. The fourth-order valence-corrected chi connectivity index (χ4v) is 2.72.